The van der Waals surface area contributed by atoms with Crippen LogP contribution < -0.4 is 10.1 Å². The molecule has 0 radical (unpaired) electrons. The summed E-state index contributed by atoms with van der Waals surface area (Å²) in [5.74, 6) is 1.24. The third-order valence-electron chi connectivity index (χ3n) is 4.22. The second-order valence-corrected chi connectivity index (χ2v) is 7.06. The van der Waals surface area contributed by atoms with Crippen molar-refractivity contribution in [1.82, 2.24) is 5.32 Å². The van der Waals surface area contributed by atoms with Crippen LogP contribution in [0.15, 0.2) is 28.7 Å². The summed E-state index contributed by atoms with van der Waals surface area (Å²) in [5, 5.41) is 4.44. The first-order valence-corrected chi connectivity index (χ1v) is 8.43. The topological polar surface area (TPSA) is 51.5 Å². The molecule has 0 amide bonds. The lowest BCUT2D eigenvalue weighted by Crippen LogP contribution is -2.49. The van der Waals surface area contributed by atoms with Crippen LogP contribution in [0.2, 0.25) is 0 Å². The smallest absolute Gasteiger partial charge is 0.200 e. The van der Waals surface area contributed by atoms with Gasteiger partial charge < -0.3 is 14.5 Å². The Morgan fingerprint density at radius 3 is 2.61 bits per heavy atom. The van der Waals surface area contributed by atoms with E-state index in [4.69, 9.17) is 9.15 Å². The molecule has 1 aliphatic carbocycles. The van der Waals surface area contributed by atoms with Gasteiger partial charge in [-0.05, 0) is 37.1 Å². The Kier molecular flexibility index (Phi) is 4.44. The highest BCUT2D eigenvalue weighted by Gasteiger charge is 2.31. The van der Waals surface area contributed by atoms with E-state index in [1.165, 1.54) is 0 Å². The molecule has 1 aromatic heterocycles. The van der Waals surface area contributed by atoms with E-state index in [0.29, 0.717) is 17.8 Å². The Balaban J connectivity index is 1.66. The lowest BCUT2D eigenvalue weighted by molar-refractivity contribution is 0.0816. The van der Waals surface area contributed by atoms with Gasteiger partial charge in [-0.3, -0.25) is 4.79 Å². The molecule has 0 saturated heterocycles. The second-order valence-electron chi connectivity index (χ2n) is 7.06. The molecule has 124 valence electrons. The first kappa shape index (κ1) is 16.1. The van der Waals surface area contributed by atoms with Crippen molar-refractivity contribution in [3.05, 3.63) is 30.0 Å². The van der Waals surface area contributed by atoms with Crippen LogP contribution in [0.3, 0.4) is 0 Å². The lowest BCUT2D eigenvalue weighted by atomic mass is 9.88. The first-order valence-electron chi connectivity index (χ1n) is 8.43. The molecular formula is C19H25NO3. The molecule has 1 N–H and O–H groups in total. The van der Waals surface area contributed by atoms with E-state index in [9.17, 15) is 4.79 Å². The molecule has 23 heavy (non-hydrogen) atoms. The standard InChI is InChI=1S/C19H25NO3/c1-11(2)19(21)18-8-13-7-15(5-6-17(13)23-18)22-16-9-14(10-16)20-12(3)4/h5-8,11-12,14,16,20H,9-10H2,1-4H3. The minimum atomic E-state index is -0.0633. The van der Waals surface area contributed by atoms with Crippen molar-refractivity contribution >= 4 is 16.8 Å². The summed E-state index contributed by atoms with van der Waals surface area (Å²) in [7, 11) is 0. The van der Waals surface area contributed by atoms with Crippen molar-refractivity contribution in [2.75, 3.05) is 0 Å². The predicted molar refractivity (Wildman–Crippen MR) is 91.1 cm³/mol. The third kappa shape index (κ3) is 3.58. The summed E-state index contributed by atoms with van der Waals surface area (Å²) in [4.78, 5) is 12.0. The summed E-state index contributed by atoms with van der Waals surface area (Å²) in [6.07, 6.45) is 2.35. The number of Topliss-reactive ketones (excluding diaryl/α,β-unsaturated/α-hetero) is 1. The van der Waals surface area contributed by atoms with Gasteiger partial charge in [0, 0.05) is 23.4 Å². The summed E-state index contributed by atoms with van der Waals surface area (Å²) in [5.41, 5.74) is 0.731. The lowest BCUT2D eigenvalue weighted by Gasteiger charge is -2.37. The zero-order valence-corrected chi connectivity index (χ0v) is 14.3. The molecule has 3 rings (SSSR count). The zero-order valence-electron chi connectivity index (χ0n) is 14.3. The van der Waals surface area contributed by atoms with E-state index in [1.807, 2.05) is 38.1 Å². The van der Waals surface area contributed by atoms with Crippen LogP contribution in [0, 0.1) is 5.92 Å². The molecular weight excluding hydrogens is 290 g/mol. The summed E-state index contributed by atoms with van der Waals surface area (Å²) in [6.45, 7) is 8.08. The monoisotopic (exact) mass is 315 g/mol. The molecule has 0 atom stereocenters. The van der Waals surface area contributed by atoms with Gasteiger partial charge in [-0.25, -0.2) is 0 Å². The van der Waals surface area contributed by atoms with E-state index < -0.39 is 0 Å². The number of ketones is 1. The Bertz CT molecular complexity index is 696. The highest BCUT2D eigenvalue weighted by atomic mass is 16.5. The number of hydrogen-bond donors (Lipinski definition) is 1. The van der Waals surface area contributed by atoms with Crippen molar-refractivity contribution in [3.63, 3.8) is 0 Å². The highest BCUT2D eigenvalue weighted by Crippen LogP contribution is 2.30. The van der Waals surface area contributed by atoms with Crippen molar-refractivity contribution in [1.29, 1.82) is 0 Å². The maximum Gasteiger partial charge on any atom is 0.200 e. The summed E-state index contributed by atoms with van der Waals surface area (Å²) < 4.78 is 11.7. The number of rotatable bonds is 6. The summed E-state index contributed by atoms with van der Waals surface area (Å²) >= 11 is 0. The predicted octanol–water partition coefficient (Wildman–Crippen LogP) is 4.18. The van der Waals surface area contributed by atoms with Gasteiger partial charge in [-0.15, -0.1) is 0 Å². The second kappa shape index (κ2) is 6.36. The normalized spacial score (nSPS) is 21.0. The molecule has 1 fully saturated rings. The third-order valence-corrected chi connectivity index (χ3v) is 4.22. The number of carbonyl (C=O) groups is 1. The largest absolute Gasteiger partial charge is 0.490 e. The zero-order chi connectivity index (χ0) is 16.6. The first-order chi connectivity index (χ1) is 10.9. The number of furan rings is 1. The Hall–Kier alpha value is -1.81. The van der Waals surface area contributed by atoms with Gasteiger partial charge in [0.15, 0.2) is 5.76 Å². The number of fused-ring (bicyclic) bond motifs is 1. The number of nitrogens with one attached hydrogen (secondary N) is 1. The summed E-state index contributed by atoms with van der Waals surface area (Å²) in [6, 6.07) is 8.64. The maximum absolute atomic E-state index is 12.0. The van der Waals surface area contributed by atoms with Crippen LogP contribution in [0.25, 0.3) is 11.0 Å². The Morgan fingerprint density at radius 1 is 1.22 bits per heavy atom. The fourth-order valence-electron chi connectivity index (χ4n) is 2.96. The molecule has 0 unspecified atom stereocenters. The van der Waals surface area contributed by atoms with Crippen LogP contribution in [-0.2, 0) is 0 Å². The van der Waals surface area contributed by atoms with Crippen LogP contribution in [0.5, 0.6) is 5.75 Å². The average molecular weight is 315 g/mol. The van der Waals surface area contributed by atoms with Gasteiger partial charge in [0.2, 0.25) is 5.78 Å². The minimum absolute atomic E-state index is 0.0327. The van der Waals surface area contributed by atoms with Gasteiger partial charge in [0.25, 0.3) is 0 Å². The van der Waals surface area contributed by atoms with Crippen molar-refractivity contribution in [3.8, 4) is 5.75 Å². The van der Waals surface area contributed by atoms with Crippen LogP contribution in [-0.4, -0.2) is 24.0 Å². The van der Waals surface area contributed by atoms with E-state index in [2.05, 4.69) is 19.2 Å². The minimum Gasteiger partial charge on any atom is -0.490 e. The highest BCUT2D eigenvalue weighted by molar-refractivity contribution is 5.98. The van der Waals surface area contributed by atoms with Crippen molar-refractivity contribution < 1.29 is 13.9 Å². The van der Waals surface area contributed by atoms with Gasteiger partial charge in [-0.1, -0.05) is 27.7 Å². The molecule has 0 aliphatic heterocycles. The fourth-order valence-corrected chi connectivity index (χ4v) is 2.96. The molecule has 1 saturated carbocycles. The van der Waals surface area contributed by atoms with Gasteiger partial charge in [0.05, 0.1) is 0 Å². The number of benzene rings is 1. The van der Waals surface area contributed by atoms with E-state index in [-0.39, 0.29) is 17.8 Å². The Morgan fingerprint density at radius 2 is 1.96 bits per heavy atom. The van der Waals surface area contributed by atoms with E-state index >= 15 is 0 Å². The molecule has 1 heterocycles. The van der Waals surface area contributed by atoms with Crippen LogP contribution in [0.1, 0.15) is 51.1 Å². The van der Waals surface area contributed by atoms with Crippen molar-refractivity contribution in [2.45, 2.75) is 58.7 Å². The number of carbonyl (C=O) groups excluding carboxylic acids is 1. The SMILES string of the molecule is CC(C)NC1CC(Oc2ccc3oc(C(=O)C(C)C)cc3c2)C1. The number of hydrogen-bond acceptors (Lipinski definition) is 4. The molecule has 1 aromatic carbocycles. The quantitative estimate of drug-likeness (QED) is 0.813. The van der Waals surface area contributed by atoms with E-state index in [1.54, 1.807) is 0 Å². The molecule has 4 nitrogen and oxygen atoms in total. The fraction of sp³-hybridized carbons (Fsp3) is 0.526. The Labute approximate surface area is 137 Å². The van der Waals surface area contributed by atoms with E-state index in [0.717, 1.165) is 29.6 Å². The van der Waals surface area contributed by atoms with Crippen LogP contribution >= 0.6 is 0 Å². The molecule has 0 bridgehead atoms. The molecule has 0 spiro atoms. The van der Waals surface area contributed by atoms with Crippen LogP contribution in [0.4, 0.5) is 0 Å². The number of ether oxygens (including phenoxy) is 1. The molecule has 4 heteroatoms. The van der Waals surface area contributed by atoms with Gasteiger partial charge in [0.1, 0.15) is 17.4 Å². The van der Waals surface area contributed by atoms with Crippen molar-refractivity contribution in [2.24, 2.45) is 5.92 Å². The molecule has 1 aliphatic rings. The van der Waals surface area contributed by atoms with Gasteiger partial charge >= 0.3 is 0 Å². The van der Waals surface area contributed by atoms with Gasteiger partial charge in [-0.2, -0.15) is 0 Å². The molecule has 2 aromatic rings. The average Bonchev–Trinajstić information content (AvgIpc) is 2.86. The maximum atomic E-state index is 12.0.